The standard InChI is InChI=1S/C36H74O3/c1-4-7-10-13-16-19-22-25-28-31-36(35(38)34-37,32-29-26-23-20-17-14-11-8-5-2)39-33-30-27-24-21-18-15-12-9-6-3/h35,37-38H,4-34H2,1-3H3. The van der Waals surface area contributed by atoms with Crippen molar-refractivity contribution in [1.82, 2.24) is 0 Å². The molecular weight excluding hydrogens is 480 g/mol. The zero-order valence-electron chi connectivity index (χ0n) is 27.3. The molecule has 0 aliphatic rings. The Kier molecular flexibility index (Phi) is 30.7. The number of aliphatic hydroxyl groups is 2. The number of rotatable bonds is 33. The molecular formula is C36H74O3. The Labute approximate surface area is 246 Å². The molecule has 0 aromatic rings. The van der Waals surface area contributed by atoms with Gasteiger partial charge in [0, 0.05) is 6.61 Å². The zero-order valence-corrected chi connectivity index (χ0v) is 27.3. The van der Waals surface area contributed by atoms with E-state index in [-0.39, 0.29) is 6.61 Å². The number of ether oxygens (including phenoxy) is 1. The summed E-state index contributed by atoms with van der Waals surface area (Å²) in [6.45, 7) is 7.37. The van der Waals surface area contributed by atoms with Gasteiger partial charge in [-0.1, -0.05) is 188 Å². The SMILES string of the molecule is CCCCCCCCCCCOC(CCCCCCCCCCC)(CCCCCCCCCCC)C(O)CO. The van der Waals surface area contributed by atoms with Crippen molar-refractivity contribution in [1.29, 1.82) is 0 Å². The molecule has 3 nitrogen and oxygen atoms in total. The van der Waals surface area contributed by atoms with Gasteiger partial charge in [-0.2, -0.15) is 0 Å². The van der Waals surface area contributed by atoms with Crippen molar-refractivity contribution in [2.75, 3.05) is 13.2 Å². The summed E-state index contributed by atoms with van der Waals surface area (Å²) < 4.78 is 6.58. The highest BCUT2D eigenvalue weighted by Gasteiger charge is 2.37. The molecule has 0 radical (unpaired) electrons. The third-order valence-electron chi connectivity index (χ3n) is 8.82. The molecule has 0 saturated carbocycles. The van der Waals surface area contributed by atoms with Crippen LogP contribution in [0.15, 0.2) is 0 Å². The molecule has 3 heteroatoms. The van der Waals surface area contributed by atoms with Gasteiger partial charge in [-0.3, -0.25) is 0 Å². The van der Waals surface area contributed by atoms with E-state index in [9.17, 15) is 10.2 Å². The van der Waals surface area contributed by atoms with Crippen LogP contribution in [0.4, 0.5) is 0 Å². The van der Waals surface area contributed by atoms with E-state index < -0.39 is 11.7 Å². The van der Waals surface area contributed by atoms with Crippen molar-refractivity contribution in [3.05, 3.63) is 0 Å². The summed E-state index contributed by atoms with van der Waals surface area (Å²) in [6, 6.07) is 0. The molecule has 0 rings (SSSR count). The highest BCUT2D eigenvalue weighted by atomic mass is 16.5. The van der Waals surface area contributed by atoms with Crippen LogP contribution in [0.2, 0.25) is 0 Å². The molecule has 236 valence electrons. The molecule has 2 N–H and O–H groups in total. The molecule has 0 aliphatic carbocycles. The molecule has 0 amide bonds. The van der Waals surface area contributed by atoms with Crippen molar-refractivity contribution in [2.24, 2.45) is 0 Å². The van der Waals surface area contributed by atoms with Gasteiger partial charge in [0.15, 0.2) is 0 Å². The second-order valence-electron chi connectivity index (χ2n) is 12.6. The normalized spacial score (nSPS) is 12.8. The van der Waals surface area contributed by atoms with Gasteiger partial charge in [-0.15, -0.1) is 0 Å². The first-order valence-electron chi connectivity index (χ1n) is 18.1. The Morgan fingerprint density at radius 1 is 0.436 bits per heavy atom. The van der Waals surface area contributed by atoms with E-state index in [2.05, 4.69) is 20.8 Å². The van der Waals surface area contributed by atoms with Gasteiger partial charge in [0.2, 0.25) is 0 Å². The number of hydrogen-bond acceptors (Lipinski definition) is 3. The first-order valence-corrected chi connectivity index (χ1v) is 18.1. The zero-order chi connectivity index (χ0) is 28.7. The minimum absolute atomic E-state index is 0.188. The van der Waals surface area contributed by atoms with Crippen LogP contribution < -0.4 is 0 Å². The second kappa shape index (κ2) is 30.8. The molecule has 0 bridgehead atoms. The van der Waals surface area contributed by atoms with Crippen LogP contribution in [0.25, 0.3) is 0 Å². The molecule has 39 heavy (non-hydrogen) atoms. The lowest BCUT2D eigenvalue weighted by molar-refractivity contribution is -0.148. The first-order chi connectivity index (χ1) is 19.2. The minimum atomic E-state index is -0.765. The van der Waals surface area contributed by atoms with E-state index >= 15 is 0 Å². The lowest BCUT2D eigenvalue weighted by Gasteiger charge is -2.38. The van der Waals surface area contributed by atoms with Crippen LogP contribution in [0.5, 0.6) is 0 Å². The van der Waals surface area contributed by atoms with E-state index in [1.165, 1.54) is 154 Å². The van der Waals surface area contributed by atoms with Gasteiger partial charge >= 0.3 is 0 Å². The summed E-state index contributed by atoms with van der Waals surface area (Å²) in [4.78, 5) is 0. The number of hydrogen-bond donors (Lipinski definition) is 2. The maximum absolute atomic E-state index is 11.0. The van der Waals surface area contributed by atoms with Gasteiger partial charge in [0.05, 0.1) is 12.2 Å². The molecule has 1 atom stereocenters. The van der Waals surface area contributed by atoms with E-state index in [4.69, 9.17) is 4.74 Å². The molecule has 0 heterocycles. The fraction of sp³-hybridized carbons (Fsp3) is 1.00. The Morgan fingerprint density at radius 3 is 1.03 bits per heavy atom. The van der Waals surface area contributed by atoms with Gasteiger partial charge in [-0.05, 0) is 19.3 Å². The third kappa shape index (κ3) is 24.2. The predicted molar refractivity (Wildman–Crippen MR) is 173 cm³/mol. The molecule has 0 spiro atoms. The predicted octanol–water partition coefficient (Wildman–Crippen LogP) is 11.5. The maximum atomic E-state index is 11.0. The van der Waals surface area contributed by atoms with Crippen LogP contribution in [0.1, 0.15) is 207 Å². The summed E-state index contributed by atoms with van der Waals surface area (Å²) in [6.07, 6.45) is 36.2. The summed E-state index contributed by atoms with van der Waals surface area (Å²) >= 11 is 0. The second-order valence-corrected chi connectivity index (χ2v) is 12.6. The van der Waals surface area contributed by atoms with E-state index in [1.807, 2.05) is 0 Å². The van der Waals surface area contributed by atoms with Crippen LogP contribution in [-0.4, -0.2) is 35.1 Å². The van der Waals surface area contributed by atoms with Crippen molar-refractivity contribution in [2.45, 2.75) is 219 Å². The fourth-order valence-electron chi connectivity index (χ4n) is 6.02. The minimum Gasteiger partial charge on any atom is -0.394 e. The fourth-order valence-corrected chi connectivity index (χ4v) is 6.02. The van der Waals surface area contributed by atoms with Crippen LogP contribution in [0.3, 0.4) is 0 Å². The van der Waals surface area contributed by atoms with Gasteiger partial charge < -0.3 is 14.9 Å². The monoisotopic (exact) mass is 555 g/mol. The Hall–Kier alpha value is -0.120. The van der Waals surface area contributed by atoms with E-state index in [1.54, 1.807) is 0 Å². The summed E-state index contributed by atoms with van der Waals surface area (Å²) in [7, 11) is 0. The highest BCUT2D eigenvalue weighted by molar-refractivity contribution is 4.88. The average molecular weight is 555 g/mol. The Bertz CT molecular complexity index is 431. The van der Waals surface area contributed by atoms with Crippen molar-refractivity contribution >= 4 is 0 Å². The number of unbranched alkanes of at least 4 members (excludes halogenated alkanes) is 24. The molecule has 1 unspecified atom stereocenters. The number of aliphatic hydroxyl groups excluding tert-OH is 2. The van der Waals surface area contributed by atoms with Crippen LogP contribution >= 0.6 is 0 Å². The van der Waals surface area contributed by atoms with Gasteiger partial charge in [0.25, 0.3) is 0 Å². The van der Waals surface area contributed by atoms with Gasteiger partial charge in [0.1, 0.15) is 6.10 Å². The van der Waals surface area contributed by atoms with Crippen molar-refractivity contribution in [3.63, 3.8) is 0 Å². The van der Waals surface area contributed by atoms with Crippen LogP contribution in [-0.2, 0) is 4.74 Å². The highest BCUT2D eigenvalue weighted by Crippen LogP contribution is 2.31. The molecule has 0 aliphatic heterocycles. The van der Waals surface area contributed by atoms with Gasteiger partial charge in [-0.25, -0.2) is 0 Å². The van der Waals surface area contributed by atoms with Crippen LogP contribution in [0, 0.1) is 0 Å². The quantitative estimate of drug-likeness (QED) is 0.0793. The molecule has 0 fully saturated rings. The van der Waals surface area contributed by atoms with Crippen molar-refractivity contribution < 1.29 is 14.9 Å². The Morgan fingerprint density at radius 2 is 0.718 bits per heavy atom. The van der Waals surface area contributed by atoms with Crippen molar-refractivity contribution in [3.8, 4) is 0 Å². The molecule has 0 aromatic carbocycles. The van der Waals surface area contributed by atoms with E-state index in [0.717, 1.165) is 38.7 Å². The summed E-state index contributed by atoms with van der Waals surface area (Å²) in [5, 5.41) is 21.0. The van der Waals surface area contributed by atoms with E-state index in [0.29, 0.717) is 0 Å². The first kappa shape index (κ1) is 38.9. The average Bonchev–Trinajstić information content (AvgIpc) is 2.95. The summed E-state index contributed by atoms with van der Waals surface area (Å²) in [5.41, 5.74) is -0.558. The smallest absolute Gasteiger partial charge is 0.106 e. The third-order valence-corrected chi connectivity index (χ3v) is 8.82. The molecule has 0 saturated heterocycles. The lowest BCUT2D eigenvalue weighted by atomic mass is 9.84. The maximum Gasteiger partial charge on any atom is 0.106 e. The lowest BCUT2D eigenvalue weighted by Crippen LogP contribution is -2.47. The largest absolute Gasteiger partial charge is 0.394 e. The summed E-state index contributed by atoms with van der Waals surface area (Å²) in [5.74, 6) is 0. The topological polar surface area (TPSA) is 49.7 Å². The Balaban J connectivity index is 4.54. The molecule has 0 aromatic heterocycles.